The predicted molar refractivity (Wildman–Crippen MR) is 65.3 cm³/mol. The molecular weight excluding hydrogens is 202 g/mol. The van der Waals surface area contributed by atoms with E-state index in [4.69, 9.17) is 4.74 Å². The summed E-state index contributed by atoms with van der Waals surface area (Å²) in [6.45, 7) is 8.18. The van der Waals surface area contributed by atoms with Gasteiger partial charge in [0, 0.05) is 6.04 Å². The number of hydrogen-bond donors (Lipinski definition) is 1. The van der Waals surface area contributed by atoms with Gasteiger partial charge in [-0.2, -0.15) is 0 Å². The van der Waals surface area contributed by atoms with Crippen molar-refractivity contribution < 1.29 is 9.53 Å². The number of nitrogens with one attached hydrogen (secondary N) is 1. The normalized spacial score (nSPS) is 19.8. The quantitative estimate of drug-likeness (QED) is 0.750. The van der Waals surface area contributed by atoms with Crippen LogP contribution in [0, 0.1) is 5.92 Å². The second-order valence-electron chi connectivity index (χ2n) is 5.80. The van der Waals surface area contributed by atoms with Gasteiger partial charge >= 0.3 is 5.97 Å². The minimum absolute atomic E-state index is 0.155. The van der Waals surface area contributed by atoms with E-state index in [0.717, 1.165) is 5.92 Å². The van der Waals surface area contributed by atoms with E-state index in [-0.39, 0.29) is 11.6 Å². The van der Waals surface area contributed by atoms with E-state index in [2.05, 4.69) is 12.2 Å². The van der Waals surface area contributed by atoms with Crippen LogP contribution in [0.2, 0.25) is 0 Å². The van der Waals surface area contributed by atoms with Crippen LogP contribution in [0.3, 0.4) is 0 Å². The van der Waals surface area contributed by atoms with Crippen LogP contribution >= 0.6 is 0 Å². The topological polar surface area (TPSA) is 38.3 Å². The Kier molecular flexibility index (Phi) is 4.78. The van der Waals surface area contributed by atoms with Gasteiger partial charge in [0.05, 0.1) is 6.54 Å². The van der Waals surface area contributed by atoms with Gasteiger partial charge in [-0.25, -0.2) is 0 Å². The molecule has 16 heavy (non-hydrogen) atoms. The maximum atomic E-state index is 11.5. The fourth-order valence-corrected chi connectivity index (χ4v) is 2.25. The highest BCUT2D eigenvalue weighted by atomic mass is 16.6. The first kappa shape index (κ1) is 13.5. The number of ether oxygens (including phenoxy) is 1. The summed E-state index contributed by atoms with van der Waals surface area (Å²) in [4.78, 5) is 11.5. The summed E-state index contributed by atoms with van der Waals surface area (Å²) < 4.78 is 5.25. The highest BCUT2D eigenvalue weighted by Crippen LogP contribution is 2.27. The molecule has 1 saturated carbocycles. The Morgan fingerprint density at radius 3 is 2.44 bits per heavy atom. The molecule has 0 spiro atoms. The average molecular weight is 227 g/mol. The van der Waals surface area contributed by atoms with Crippen LogP contribution in [-0.4, -0.2) is 24.2 Å². The fourth-order valence-electron chi connectivity index (χ4n) is 2.25. The van der Waals surface area contributed by atoms with Crippen molar-refractivity contribution in [3.8, 4) is 0 Å². The van der Waals surface area contributed by atoms with E-state index in [1.165, 1.54) is 25.7 Å². The zero-order chi connectivity index (χ0) is 12.2. The first-order chi connectivity index (χ1) is 7.38. The molecular formula is C13H25NO2. The standard InChI is InChI=1S/C13H25NO2/c1-10(11-7-5-6-8-11)14-9-12(15)16-13(2,3)4/h10-11,14H,5-9H2,1-4H3/t10-/m0/s1. The van der Waals surface area contributed by atoms with Gasteiger partial charge in [0.1, 0.15) is 5.60 Å². The Hall–Kier alpha value is -0.570. The summed E-state index contributed by atoms with van der Waals surface area (Å²) in [6, 6.07) is 0.426. The first-order valence-corrected chi connectivity index (χ1v) is 6.34. The van der Waals surface area contributed by atoms with Crippen molar-refractivity contribution in [1.82, 2.24) is 5.32 Å². The first-order valence-electron chi connectivity index (χ1n) is 6.34. The van der Waals surface area contributed by atoms with Crippen molar-refractivity contribution in [3.63, 3.8) is 0 Å². The Morgan fingerprint density at radius 2 is 1.94 bits per heavy atom. The number of rotatable bonds is 4. The highest BCUT2D eigenvalue weighted by Gasteiger charge is 2.22. The Bertz CT molecular complexity index is 227. The van der Waals surface area contributed by atoms with E-state index >= 15 is 0 Å². The number of carbonyl (C=O) groups excluding carboxylic acids is 1. The molecule has 0 radical (unpaired) electrons. The van der Waals surface area contributed by atoms with Gasteiger partial charge in [-0.1, -0.05) is 12.8 Å². The molecule has 1 aliphatic carbocycles. The van der Waals surface area contributed by atoms with Crippen molar-refractivity contribution in [2.24, 2.45) is 5.92 Å². The molecule has 1 rings (SSSR count). The van der Waals surface area contributed by atoms with Crippen LogP contribution in [0.4, 0.5) is 0 Å². The monoisotopic (exact) mass is 227 g/mol. The lowest BCUT2D eigenvalue weighted by molar-refractivity contribution is -0.153. The molecule has 0 saturated heterocycles. The second-order valence-corrected chi connectivity index (χ2v) is 5.80. The van der Waals surface area contributed by atoms with Gasteiger partial charge in [0.15, 0.2) is 0 Å². The summed E-state index contributed by atoms with van der Waals surface area (Å²) in [5.74, 6) is 0.583. The molecule has 0 bridgehead atoms. The van der Waals surface area contributed by atoms with E-state index in [1.54, 1.807) is 0 Å². The van der Waals surface area contributed by atoms with Crippen LogP contribution in [-0.2, 0) is 9.53 Å². The lowest BCUT2D eigenvalue weighted by atomic mass is 10.00. The smallest absolute Gasteiger partial charge is 0.320 e. The van der Waals surface area contributed by atoms with Crippen LogP contribution in [0.15, 0.2) is 0 Å². The van der Waals surface area contributed by atoms with Gasteiger partial charge in [-0.05, 0) is 46.5 Å². The second kappa shape index (κ2) is 5.67. The Morgan fingerprint density at radius 1 is 1.38 bits per heavy atom. The molecule has 0 amide bonds. The summed E-state index contributed by atoms with van der Waals surface area (Å²) in [7, 11) is 0. The molecule has 0 aromatic rings. The molecule has 94 valence electrons. The molecule has 1 atom stereocenters. The molecule has 3 nitrogen and oxygen atoms in total. The zero-order valence-electron chi connectivity index (χ0n) is 11.0. The summed E-state index contributed by atoms with van der Waals surface area (Å²) in [5, 5.41) is 3.27. The third-order valence-corrected chi connectivity index (χ3v) is 3.10. The van der Waals surface area contributed by atoms with Crippen molar-refractivity contribution >= 4 is 5.97 Å². The molecule has 0 aromatic carbocycles. The zero-order valence-corrected chi connectivity index (χ0v) is 11.0. The Balaban J connectivity index is 2.20. The maximum Gasteiger partial charge on any atom is 0.320 e. The van der Waals surface area contributed by atoms with Gasteiger partial charge in [0.25, 0.3) is 0 Å². The molecule has 1 fully saturated rings. The van der Waals surface area contributed by atoms with Gasteiger partial charge in [-0.3, -0.25) is 4.79 Å². The lowest BCUT2D eigenvalue weighted by Crippen LogP contribution is -2.38. The van der Waals surface area contributed by atoms with Crippen molar-refractivity contribution in [2.75, 3.05) is 6.54 Å². The summed E-state index contributed by atoms with van der Waals surface area (Å²) in [5.41, 5.74) is -0.380. The number of hydrogen-bond acceptors (Lipinski definition) is 3. The van der Waals surface area contributed by atoms with E-state index in [1.807, 2.05) is 20.8 Å². The third-order valence-electron chi connectivity index (χ3n) is 3.10. The fraction of sp³-hybridized carbons (Fsp3) is 0.923. The lowest BCUT2D eigenvalue weighted by Gasteiger charge is -2.23. The predicted octanol–water partition coefficient (Wildman–Crippen LogP) is 2.50. The SMILES string of the molecule is C[C@H](NCC(=O)OC(C)(C)C)C1CCCC1. The molecule has 0 unspecified atom stereocenters. The third kappa shape index (κ3) is 4.97. The minimum Gasteiger partial charge on any atom is -0.459 e. The van der Waals surface area contributed by atoms with Crippen molar-refractivity contribution in [2.45, 2.75) is 65.0 Å². The highest BCUT2D eigenvalue weighted by molar-refractivity contribution is 5.72. The summed E-state index contributed by atoms with van der Waals surface area (Å²) >= 11 is 0. The molecule has 1 aliphatic rings. The maximum absolute atomic E-state index is 11.5. The molecule has 0 aromatic heterocycles. The number of carbonyl (C=O) groups is 1. The van der Waals surface area contributed by atoms with Gasteiger partial charge < -0.3 is 10.1 Å². The van der Waals surface area contributed by atoms with Crippen LogP contribution in [0.5, 0.6) is 0 Å². The molecule has 0 aliphatic heterocycles. The van der Waals surface area contributed by atoms with E-state index in [0.29, 0.717) is 12.6 Å². The molecule has 3 heteroatoms. The van der Waals surface area contributed by atoms with Crippen LogP contribution in [0.25, 0.3) is 0 Å². The van der Waals surface area contributed by atoms with Gasteiger partial charge in [0.2, 0.25) is 0 Å². The van der Waals surface area contributed by atoms with Crippen LogP contribution < -0.4 is 5.32 Å². The van der Waals surface area contributed by atoms with Gasteiger partial charge in [-0.15, -0.1) is 0 Å². The average Bonchev–Trinajstić information content (AvgIpc) is 2.64. The van der Waals surface area contributed by atoms with Crippen LogP contribution in [0.1, 0.15) is 53.4 Å². The molecule has 0 heterocycles. The largest absolute Gasteiger partial charge is 0.459 e. The number of esters is 1. The molecule has 1 N–H and O–H groups in total. The minimum atomic E-state index is -0.380. The Labute approximate surface area is 98.9 Å². The van der Waals surface area contributed by atoms with Crippen molar-refractivity contribution in [3.05, 3.63) is 0 Å². The summed E-state index contributed by atoms with van der Waals surface area (Å²) in [6.07, 6.45) is 5.26. The van der Waals surface area contributed by atoms with Crippen molar-refractivity contribution in [1.29, 1.82) is 0 Å². The van der Waals surface area contributed by atoms with E-state index < -0.39 is 0 Å². The van der Waals surface area contributed by atoms with E-state index in [9.17, 15) is 4.79 Å².